The van der Waals surface area contributed by atoms with Crippen molar-refractivity contribution in [2.75, 3.05) is 18.5 Å². The highest BCUT2D eigenvalue weighted by Crippen LogP contribution is 2.25. The maximum absolute atomic E-state index is 11.9. The molecule has 0 aliphatic carbocycles. The van der Waals surface area contributed by atoms with E-state index in [0.29, 0.717) is 5.82 Å². The van der Waals surface area contributed by atoms with E-state index >= 15 is 0 Å². The summed E-state index contributed by atoms with van der Waals surface area (Å²) in [7, 11) is 1.77. The van der Waals surface area contributed by atoms with Crippen LogP contribution < -0.4 is 5.32 Å². The second-order valence-corrected chi connectivity index (χ2v) is 5.61. The van der Waals surface area contributed by atoms with Crippen molar-refractivity contribution in [2.24, 2.45) is 7.05 Å². The maximum Gasteiger partial charge on any atom is 0.347 e. The van der Waals surface area contributed by atoms with E-state index in [1.54, 1.807) is 36.9 Å². The molecule has 2 aromatic heterocycles. The summed E-state index contributed by atoms with van der Waals surface area (Å²) in [6.07, 6.45) is 1.28. The Morgan fingerprint density at radius 3 is 2.50 bits per heavy atom. The molecule has 0 saturated heterocycles. The molecule has 0 fully saturated rings. The fourth-order valence-corrected chi connectivity index (χ4v) is 2.59. The number of aromatic nitrogens is 2. The molecule has 2 rings (SSSR count). The number of esters is 2. The minimum atomic E-state index is -0.732. The molecule has 0 radical (unpaired) electrons. The summed E-state index contributed by atoms with van der Waals surface area (Å²) in [5.74, 6) is -0.835. The lowest BCUT2D eigenvalue weighted by Crippen LogP contribution is -2.19. The van der Waals surface area contributed by atoms with Crippen LogP contribution in [0, 0.1) is 0 Å². The van der Waals surface area contributed by atoms with Crippen molar-refractivity contribution in [1.29, 1.82) is 0 Å². The largest absolute Gasteiger partial charge is 0.462 e. The number of aryl methyl sites for hydroxylation is 1. The molecule has 7 nitrogen and oxygen atoms in total. The number of nitrogens with zero attached hydrogens (tertiary/aromatic N) is 2. The van der Waals surface area contributed by atoms with Crippen LogP contribution in [0.4, 0.5) is 5.82 Å². The van der Waals surface area contributed by atoms with Crippen molar-refractivity contribution < 1.29 is 19.1 Å². The Labute approximate surface area is 143 Å². The summed E-state index contributed by atoms with van der Waals surface area (Å²) in [5.41, 5.74) is 0.606. The summed E-state index contributed by atoms with van der Waals surface area (Å²) in [4.78, 5) is 24.8. The molecule has 128 valence electrons. The van der Waals surface area contributed by atoms with E-state index in [1.807, 2.05) is 23.6 Å². The number of nitrogens with one attached hydrogen (secondary N) is 1. The maximum atomic E-state index is 11.9. The van der Waals surface area contributed by atoms with Gasteiger partial charge in [0.2, 0.25) is 0 Å². The Kier molecular flexibility index (Phi) is 6.14. The monoisotopic (exact) mass is 349 g/mol. The number of carbonyl (C=O) groups excluding carboxylic acids is 2. The van der Waals surface area contributed by atoms with Crippen LogP contribution >= 0.6 is 11.3 Å². The molecule has 0 aliphatic heterocycles. The Morgan fingerprint density at radius 1 is 1.29 bits per heavy atom. The minimum absolute atomic E-state index is 0.170. The van der Waals surface area contributed by atoms with Gasteiger partial charge in [-0.05, 0) is 25.3 Å². The molecule has 0 aromatic carbocycles. The predicted octanol–water partition coefficient (Wildman–Crippen LogP) is 2.57. The molecule has 8 heteroatoms. The van der Waals surface area contributed by atoms with Crippen LogP contribution in [0.5, 0.6) is 0 Å². The average molecular weight is 349 g/mol. The molecule has 0 bridgehead atoms. The van der Waals surface area contributed by atoms with Crippen molar-refractivity contribution in [3.63, 3.8) is 0 Å². The zero-order chi connectivity index (χ0) is 17.5. The fraction of sp³-hybridized carbons (Fsp3) is 0.312. The van der Waals surface area contributed by atoms with E-state index in [2.05, 4.69) is 10.4 Å². The van der Waals surface area contributed by atoms with E-state index in [1.165, 1.54) is 6.20 Å². The number of hydrogen-bond acceptors (Lipinski definition) is 7. The van der Waals surface area contributed by atoms with Crippen LogP contribution in [0.3, 0.4) is 0 Å². The number of carbonyl (C=O) groups is 2. The summed E-state index contributed by atoms with van der Waals surface area (Å²) in [6.45, 7) is 3.68. The Bertz CT molecular complexity index is 715. The van der Waals surface area contributed by atoms with E-state index in [-0.39, 0.29) is 18.8 Å². The molecule has 24 heavy (non-hydrogen) atoms. The predicted molar refractivity (Wildman–Crippen MR) is 91.5 cm³/mol. The lowest BCUT2D eigenvalue weighted by molar-refractivity contribution is -0.146. The van der Waals surface area contributed by atoms with Crippen molar-refractivity contribution in [3.8, 4) is 10.6 Å². The third-order valence-corrected chi connectivity index (χ3v) is 3.90. The fourth-order valence-electron chi connectivity index (χ4n) is 1.91. The molecule has 0 aliphatic rings. The first-order chi connectivity index (χ1) is 11.6. The number of thiophene rings is 1. The van der Waals surface area contributed by atoms with Crippen LogP contribution in [0.2, 0.25) is 0 Å². The van der Waals surface area contributed by atoms with Gasteiger partial charge in [-0.1, -0.05) is 6.07 Å². The van der Waals surface area contributed by atoms with Crippen LogP contribution in [-0.2, 0) is 26.1 Å². The van der Waals surface area contributed by atoms with Gasteiger partial charge < -0.3 is 14.8 Å². The average Bonchev–Trinajstić information content (AvgIpc) is 3.18. The van der Waals surface area contributed by atoms with Gasteiger partial charge in [0.1, 0.15) is 11.5 Å². The number of hydrogen-bond donors (Lipinski definition) is 1. The summed E-state index contributed by atoms with van der Waals surface area (Å²) < 4.78 is 11.4. The van der Waals surface area contributed by atoms with Gasteiger partial charge in [0.15, 0.2) is 5.57 Å². The first-order valence-electron chi connectivity index (χ1n) is 7.45. The Balaban J connectivity index is 2.21. The number of rotatable bonds is 7. The van der Waals surface area contributed by atoms with Gasteiger partial charge in [-0.3, -0.25) is 4.68 Å². The van der Waals surface area contributed by atoms with Crippen molar-refractivity contribution in [2.45, 2.75) is 13.8 Å². The quantitative estimate of drug-likeness (QED) is 0.358. The summed E-state index contributed by atoms with van der Waals surface area (Å²) in [5, 5.41) is 9.28. The van der Waals surface area contributed by atoms with Crippen molar-refractivity contribution >= 4 is 29.1 Å². The third kappa shape index (κ3) is 4.23. The standard InChI is InChI=1S/C16H19N3O4S/c1-4-22-15(20)11(16(21)23-5-2)10-17-14-9-12(18-19(14)3)13-7-6-8-24-13/h6-10,17H,4-5H2,1-3H3. The van der Waals surface area contributed by atoms with Gasteiger partial charge in [-0.25, -0.2) is 9.59 Å². The zero-order valence-corrected chi connectivity index (χ0v) is 14.6. The number of ether oxygens (including phenoxy) is 2. The Morgan fingerprint density at radius 2 is 1.96 bits per heavy atom. The number of anilines is 1. The van der Waals surface area contributed by atoms with E-state index in [9.17, 15) is 9.59 Å². The topological polar surface area (TPSA) is 82.5 Å². The molecular weight excluding hydrogens is 330 g/mol. The zero-order valence-electron chi connectivity index (χ0n) is 13.7. The molecule has 1 N–H and O–H groups in total. The molecule has 0 unspecified atom stereocenters. The second kappa shape index (κ2) is 8.30. The molecule has 0 spiro atoms. The molecule has 0 amide bonds. The minimum Gasteiger partial charge on any atom is -0.462 e. The normalized spacial score (nSPS) is 10.1. The molecular formula is C16H19N3O4S. The van der Waals surface area contributed by atoms with E-state index in [4.69, 9.17) is 9.47 Å². The first-order valence-corrected chi connectivity index (χ1v) is 8.33. The van der Waals surface area contributed by atoms with Gasteiger partial charge in [-0.15, -0.1) is 11.3 Å². The van der Waals surface area contributed by atoms with Gasteiger partial charge in [0.25, 0.3) is 0 Å². The lowest BCUT2D eigenvalue weighted by Gasteiger charge is -2.07. The highest BCUT2D eigenvalue weighted by Gasteiger charge is 2.21. The van der Waals surface area contributed by atoms with Crippen LogP contribution in [0.1, 0.15) is 13.8 Å². The molecule has 2 heterocycles. The molecule has 2 aromatic rings. The smallest absolute Gasteiger partial charge is 0.347 e. The van der Waals surface area contributed by atoms with E-state index in [0.717, 1.165) is 10.6 Å². The third-order valence-electron chi connectivity index (χ3n) is 3.01. The Hall–Kier alpha value is -2.61. The first kappa shape index (κ1) is 17.7. The molecule has 0 saturated carbocycles. The highest BCUT2D eigenvalue weighted by atomic mass is 32.1. The van der Waals surface area contributed by atoms with Gasteiger partial charge in [0.05, 0.1) is 18.1 Å². The van der Waals surface area contributed by atoms with Crippen LogP contribution in [0.15, 0.2) is 35.4 Å². The van der Waals surface area contributed by atoms with Gasteiger partial charge in [0, 0.05) is 19.3 Å². The van der Waals surface area contributed by atoms with Crippen molar-refractivity contribution in [1.82, 2.24) is 9.78 Å². The van der Waals surface area contributed by atoms with Crippen LogP contribution in [0.25, 0.3) is 10.6 Å². The van der Waals surface area contributed by atoms with Gasteiger partial charge >= 0.3 is 11.9 Å². The summed E-state index contributed by atoms with van der Waals surface area (Å²) in [6, 6.07) is 5.74. The van der Waals surface area contributed by atoms with Gasteiger partial charge in [-0.2, -0.15) is 5.10 Å². The lowest BCUT2D eigenvalue weighted by atomic mass is 10.3. The molecule has 0 atom stereocenters. The summed E-state index contributed by atoms with van der Waals surface area (Å²) >= 11 is 1.58. The van der Waals surface area contributed by atoms with E-state index < -0.39 is 11.9 Å². The highest BCUT2D eigenvalue weighted by molar-refractivity contribution is 7.13. The SMILES string of the molecule is CCOC(=O)C(=CNc1cc(-c2cccs2)nn1C)C(=O)OCC. The van der Waals surface area contributed by atoms with Crippen LogP contribution in [-0.4, -0.2) is 34.9 Å². The van der Waals surface area contributed by atoms with Crippen molar-refractivity contribution in [3.05, 3.63) is 35.4 Å². The second-order valence-electron chi connectivity index (χ2n) is 4.66.